The quantitative estimate of drug-likeness (QED) is 0.739. The maximum atomic E-state index is 12.5. The Labute approximate surface area is 161 Å². The number of amides is 2. The fraction of sp³-hybridized carbons (Fsp3) is 0.444. The monoisotopic (exact) mass is 391 g/mol. The molecule has 2 aromatic rings. The van der Waals surface area contributed by atoms with E-state index in [-0.39, 0.29) is 23.9 Å². The molecule has 2 amide bonds. The molecular formula is C18H22ClN5O3. The molecule has 2 aromatic heterocycles. The van der Waals surface area contributed by atoms with E-state index in [0.29, 0.717) is 49.9 Å². The summed E-state index contributed by atoms with van der Waals surface area (Å²) in [6, 6.07) is 1.75. The number of hydrogen-bond acceptors (Lipinski definition) is 4. The number of aromatic amines is 2. The number of H-pyrrole nitrogens is 2. The molecule has 144 valence electrons. The van der Waals surface area contributed by atoms with Crippen LogP contribution in [-0.2, 0) is 22.4 Å². The van der Waals surface area contributed by atoms with Crippen molar-refractivity contribution in [2.75, 3.05) is 26.2 Å². The summed E-state index contributed by atoms with van der Waals surface area (Å²) in [7, 11) is 0. The first kappa shape index (κ1) is 19.2. The second-order valence-electron chi connectivity index (χ2n) is 6.64. The van der Waals surface area contributed by atoms with Gasteiger partial charge in [-0.15, -0.1) is 0 Å². The first-order valence-electron chi connectivity index (χ1n) is 8.85. The van der Waals surface area contributed by atoms with E-state index in [0.717, 1.165) is 11.1 Å². The molecule has 1 aliphatic heterocycles. The zero-order valence-electron chi connectivity index (χ0n) is 15.1. The molecule has 27 heavy (non-hydrogen) atoms. The van der Waals surface area contributed by atoms with Crippen molar-refractivity contribution < 1.29 is 9.59 Å². The lowest BCUT2D eigenvalue weighted by Crippen LogP contribution is -2.51. The summed E-state index contributed by atoms with van der Waals surface area (Å²) >= 11 is 5.85. The van der Waals surface area contributed by atoms with Gasteiger partial charge in [0.15, 0.2) is 0 Å². The second-order valence-corrected chi connectivity index (χ2v) is 7.03. The molecule has 3 heterocycles. The molecule has 9 heteroatoms. The highest BCUT2D eigenvalue weighted by molar-refractivity contribution is 6.29. The van der Waals surface area contributed by atoms with Crippen LogP contribution in [0.25, 0.3) is 0 Å². The number of pyridine rings is 1. The van der Waals surface area contributed by atoms with Gasteiger partial charge in [0, 0.05) is 50.7 Å². The maximum Gasteiger partial charge on any atom is 0.323 e. The average Bonchev–Trinajstić information content (AvgIpc) is 3.07. The zero-order chi connectivity index (χ0) is 19.4. The minimum absolute atomic E-state index is 0.0271. The van der Waals surface area contributed by atoms with Crippen LogP contribution < -0.4 is 5.69 Å². The topological polar surface area (TPSA) is 102 Å². The van der Waals surface area contributed by atoms with E-state index in [1.54, 1.807) is 28.3 Å². The fourth-order valence-corrected chi connectivity index (χ4v) is 3.33. The summed E-state index contributed by atoms with van der Waals surface area (Å²) in [5.74, 6) is 0.0566. The van der Waals surface area contributed by atoms with E-state index in [1.165, 1.54) is 0 Å². The molecule has 0 aromatic carbocycles. The Morgan fingerprint density at radius 2 is 1.85 bits per heavy atom. The molecular weight excluding hydrogens is 370 g/mol. The fourth-order valence-electron chi connectivity index (χ4n) is 3.12. The summed E-state index contributed by atoms with van der Waals surface area (Å²) < 4.78 is 0. The summed E-state index contributed by atoms with van der Waals surface area (Å²) in [4.78, 5) is 48.6. The van der Waals surface area contributed by atoms with E-state index < -0.39 is 0 Å². The molecule has 1 aliphatic rings. The molecule has 3 rings (SSSR count). The predicted molar refractivity (Wildman–Crippen MR) is 101 cm³/mol. The molecule has 0 atom stereocenters. The smallest absolute Gasteiger partial charge is 0.323 e. The third kappa shape index (κ3) is 4.97. The number of nitrogens with zero attached hydrogens (tertiary/aromatic N) is 3. The van der Waals surface area contributed by atoms with Gasteiger partial charge in [0.2, 0.25) is 11.8 Å². The Bertz CT molecular complexity index is 883. The van der Waals surface area contributed by atoms with Gasteiger partial charge in [-0.2, -0.15) is 0 Å². The number of carbonyl (C=O) groups excluding carboxylic acids is 2. The molecule has 0 radical (unpaired) electrons. The number of halogens is 1. The van der Waals surface area contributed by atoms with Crippen molar-refractivity contribution >= 4 is 23.4 Å². The van der Waals surface area contributed by atoms with Crippen molar-refractivity contribution in [3.63, 3.8) is 0 Å². The van der Waals surface area contributed by atoms with Crippen molar-refractivity contribution in [3.8, 4) is 0 Å². The molecule has 0 spiro atoms. The van der Waals surface area contributed by atoms with Crippen LogP contribution in [0.5, 0.6) is 0 Å². The van der Waals surface area contributed by atoms with Gasteiger partial charge in [0.25, 0.3) is 0 Å². The lowest BCUT2D eigenvalue weighted by Gasteiger charge is -2.35. The SMILES string of the molecule is Cc1cc(Cl)ncc1CC(=O)N1CCN(C(=O)CCc2c[nH]c(=O)[nH]2)CC1. The molecule has 0 saturated carbocycles. The van der Waals surface area contributed by atoms with Crippen LogP contribution in [0.3, 0.4) is 0 Å². The molecule has 0 bridgehead atoms. The molecule has 8 nitrogen and oxygen atoms in total. The van der Waals surface area contributed by atoms with Crippen LogP contribution in [0.15, 0.2) is 23.3 Å². The molecule has 1 fully saturated rings. The number of carbonyl (C=O) groups is 2. The Morgan fingerprint density at radius 1 is 1.19 bits per heavy atom. The highest BCUT2D eigenvalue weighted by atomic mass is 35.5. The minimum atomic E-state index is -0.268. The summed E-state index contributed by atoms with van der Waals surface area (Å²) in [5.41, 5.74) is 2.26. The Balaban J connectivity index is 1.46. The lowest BCUT2D eigenvalue weighted by atomic mass is 10.1. The van der Waals surface area contributed by atoms with Crippen molar-refractivity contribution in [2.45, 2.75) is 26.2 Å². The van der Waals surface area contributed by atoms with E-state index >= 15 is 0 Å². The minimum Gasteiger partial charge on any atom is -0.339 e. The number of hydrogen-bond donors (Lipinski definition) is 2. The number of aryl methyl sites for hydroxylation is 2. The van der Waals surface area contributed by atoms with Gasteiger partial charge in [-0.05, 0) is 30.5 Å². The van der Waals surface area contributed by atoms with Crippen molar-refractivity contribution in [1.29, 1.82) is 0 Å². The Morgan fingerprint density at radius 3 is 2.44 bits per heavy atom. The van der Waals surface area contributed by atoms with E-state index in [4.69, 9.17) is 11.6 Å². The number of piperazine rings is 1. The largest absolute Gasteiger partial charge is 0.339 e. The summed E-state index contributed by atoms with van der Waals surface area (Å²) in [6.45, 7) is 3.99. The normalized spacial score (nSPS) is 14.4. The van der Waals surface area contributed by atoms with Crippen molar-refractivity contribution in [2.24, 2.45) is 0 Å². The number of nitrogens with one attached hydrogen (secondary N) is 2. The lowest BCUT2D eigenvalue weighted by molar-refractivity contribution is -0.139. The van der Waals surface area contributed by atoms with Gasteiger partial charge >= 0.3 is 5.69 Å². The predicted octanol–water partition coefficient (Wildman–Crippen LogP) is 0.906. The zero-order valence-corrected chi connectivity index (χ0v) is 15.9. The number of rotatable bonds is 5. The standard InChI is InChI=1S/C18H22ClN5O3/c1-12-8-15(19)20-10-13(12)9-17(26)24-6-4-23(5-7-24)16(25)3-2-14-11-21-18(27)22-14/h8,10-11H,2-7,9H2,1H3,(H2,21,22,27). The van der Waals surface area contributed by atoms with E-state index in [2.05, 4.69) is 15.0 Å². The molecule has 1 saturated heterocycles. The van der Waals surface area contributed by atoms with E-state index in [1.807, 2.05) is 6.92 Å². The Hall–Kier alpha value is -2.61. The van der Waals surface area contributed by atoms with Crippen LogP contribution >= 0.6 is 11.6 Å². The van der Waals surface area contributed by atoms with Crippen molar-refractivity contribution in [1.82, 2.24) is 24.8 Å². The number of aromatic nitrogens is 3. The average molecular weight is 392 g/mol. The van der Waals surface area contributed by atoms with Gasteiger partial charge in [0.1, 0.15) is 5.15 Å². The first-order valence-corrected chi connectivity index (χ1v) is 9.23. The highest BCUT2D eigenvalue weighted by Crippen LogP contribution is 2.14. The van der Waals surface area contributed by atoms with Crippen LogP contribution in [-0.4, -0.2) is 62.7 Å². The van der Waals surface area contributed by atoms with Gasteiger partial charge in [0.05, 0.1) is 6.42 Å². The van der Waals surface area contributed by atoms with Crippen LogP contribution in [0, 0.1) is 6.92 Å². The van der Waals surface area contributed by atoms with Gasteiger partial charge < -0.3 is 19.8 Å². The Kier molecular flexibility index (Phi) is 5.95. The third-order valence-electron chi connectivity index (χ3n) is 4.77. The van der Waals surface area contributed by atoms with Gasteiger partial charge in [-0.3, -0.25) is 9.59 Å². The van der Waals surface area contributed by atoms with Crippen LogP contribution in [0.2, 0.25) is 5.15 Å². The third-order valence-corrected chi connectivity index (χ3v) is 4.98. The van der Waals surface area contributed by atoms with Crippen LogP contribution in [0.1, 0.15) is 23.2 Å². The highest BCUT2D eigenvalue weighted by Gasteiger charge is 2.24. The van der Waals surface area contributed by atoms with Crippen molar-refractivity contribution in [3.05, 3.63) is 50.9 Å². The molecule has 0 unspecified atom stereocenters. The van der Waals surface area contributed by atoms with Gasteiger partial charge in [-0.1, -0.05) is 11.6 Å². The summed E-state index contributed by atoms with van der Waals surface area (Å²) in [6.07, 6.45) is 4.32. The van der Waals surface area contributed by atoms with Crippen LogP contribution in [0.4, 0.5) is 0 Å². The van der Waals surface area contributed by atoms with Gasteiger partial charge in [-0.25, -0.2) is 9.78 Å². The number of imidazole rings is 1. The first-order chi connectivity index (χ1) is 12.9. The molecule has 0 aliphatic carbocycles. The van der Waals surface area contributed by atoms with E-state index in [9.17, 15) is 14.4 Å². The molecule has 2 N–H and O–H groups in total. The summed E-state index contributed by atoms with van der Waals surface area (Å²) in [5, 5.41) is 0.416. The maximum absolute atomic E-state index is 12.5. The second kappa shape index (κ2) is 8.39.